The molecule has 2 bridgehead atoms. The Hall–Kier alpha value is -2.48. The summed E-state index contributed by atoms with van der Waals surface area (Å²) in [6.07, 6.45) is 2.79. The van der Waals surface area contributed by atoms with Gasteiger partial charge in [0, 0.05) is 50.1 Å². The number of halogens is 1. The Balaban J connectivity index is 1.37. The van der Waals surface area contributed by atoms with Gasteiger partial charge in [-0.2, -0.15) is 5.10 Å². The summed E-state index contributed by atoms with van der Waals surface area (Å²) in [5.74, 6) is 0.627. The number of rotatable bonds is 5. The van der Waals surface area contributed by atoms with Gasteiger partial charge in [0.1, 0.15) is 17.3 Å². The lowest BCUT2D eigenvalue weighted by molar-refractivity contribution is -0.121. The average Bonchev–Trinajstić information content (AvgIpc) is 2.92. The molecule has 1 saturated heterocycles. The molecule has 0 spiro atoms. The van der Waals surface area contributed by atoms with E-state index in [0.717, 1.165) is 25.9 Å². The number of benzene rings is 1. The number of carbonyl (C=O) groups excluding carboxylic acids is 2. The van der Waals surface area contributed by atoms with E-state index in [9.17, 15) is 14.0 Å². The highest BCUT2D eigenvalue weighted by atomic mass is 19.1. The van der Waals surface area contributed by atoms with E-state index in [1.54, 1.807) is 12.1 Å². The van der Waals surface area contributed by atoms with Crippen molar-refractivity contribution < 1.29 is 18.7 Å². The fraction of sp³-hybridized carbons (Fsp3) is 0.550. The normalized spacial score (nSPS) is 27.1. The molecule has 2 fully saturated rings. The SMILES string of the molecule is COc1ccc(CN2C[C@H]3CC[C@@H](C2)C3NC(=O)C2=NNC(=O)CC2)c(F)c1. The third-order valence-corrected chi connectivity index (χ3v) is 6.03. The molecule has 150 valence electrons. The van der Waals surface area contributed by atoms with Gasteiger partial charge < -0.3 is 10.1 Å². The Labute approximate surface area is 163 Å². The Morgan fingerprint density at radius 1 is 1.32 bits per heavy atom. The molecule has 1 saturated carbocycles. The number of ether oxygens (including phenoxy) is 1. The Morgan fingerprint density at radius 3 is 2.68 bits per heavy atom. The zero-order valence-corrected chi connectivity index (χ0v) is 15.9. The predicted octanol–water partition coefficient (Wildman–Crippen LogP) is 1.43. The number of methoxy groups -OCH3 is 1. The quantitative estimate of drug-likeness (QED) is 0.799. The molecule has 7 nitrogen and oxygen atoms in total. The van der Waals surface area contributed by atoms with E-state index >= 15 is 0 Å². The molecule has 4 rings (SSSR count). The molecule has 0 radical (unpaired) electrons. The number of likely N-dealkylation sites (tertiary alicyclic amines) is 1. The lowest BCUT2D eigenvalue weighted by Gasteiger charge is -2.38. The van der Waals surface area contributed by atoms with Gasteiger partial charge in [0.25, 0.3) is 5.91 Å². The summed E-state index contributed by atoms with van der Waals surface area (Å²) >= 11 is 0. The molecule has 2 aliphatic heterocycles. The van der Waals surface area contributed by atoms with E-state index in [1.807, 2.05) is 0 Å². The van der Waals surface area contributed by atoms with Crippen LogP contribution < -0.4 is 15.5 Å². The molecule has 2 amide bonds. The second-order valence-electron chi connectivity index (χ2n) is 7.84. The van der Waals surface area contributed by atoms with Crippen molar-refractivity contribution in [3.63, 3.8) is 0 Å². The van der Waals surface area contributed by atoms with Gasteiger partial charge in [-0.3, -0.25) is 14.5 Å². The molecule has 1 aromatic rings. The van der Waals surface area contributed by atoms with Crippen LogP contribution in [0, 0.1) is 17.7 Å². The van der Waals surface area contributed by atoms with E-state index < -0.39 is 0 Å². The number of carbonyl (C=O) groups is 2. The second-order valence-corrected chi connectivity index (χ2v) is 7.84. The molecule has 1 aliphatic carbocycles. The molecule has 2 N–H and O–H groups in total. The van der Waals surface area contributed by atoms with E-state index in [-0.39, 0.29) is 23.7 Å². The minimum absolute atomic E-state index is 0.116. The first kappa shape index (κ1) is 18.9. The first-order valence-electron chi connectivity index (χ1n) is 9.74. The van der Waals surface area contributed by atoms with Crippen molar-refractivity contribution in [3.8, 4) is 5.75 Å². The van der Waals surface area contributed by atoms with Crippen LogP contribution in [-0.2, 0) is 16.1 Å². The van der Waals surface area contributed by atoms with Crippen molar-refractivity contribution >= 4 is 17.5 Å². The molecular weight excluding hydrogens is 363 g/mol. The van der Waals surface area contributed by atoms with Crippen molar-refractivity contribution in [2.45, 2.75) is 38.3 Å². The summed E-state index contributed by atoms with van der Waals surface area (Å²) in [7, 11) is 1.53. The molecule has 1 aromatic carbocycles. The number of amides is 2. The third kappa shape index (κ3) is 3.87. The van der Waals surface area contributed by atoms with Gasteiger partial charge in [0.2, 0.25) is 5.91 Å². The van der Waals surface area contributed by atoms with Gasteiger partial charge >= 0.3 is 0 Å². The van der Waals surface area contributed by atoms with Crippen molar-refractivity contribution in [2.24, 2.45) is 16.9 Å². The molecule has 3 atom stereocenters. The summed E-state index contributed by atoms with van der Waals surface area (Å²) in [5, 5.41) is 7.02. The number of piperidine rings is 1. The lowest BCUT2D eigenvalue weighted by atomic mass is 9.91. The van der Waals surface area contributed by atoms with Crippen LogP contribution in [0.4, 0.5) is 4.39 Å². The minimum Gasteiger partial charge on any atom is -0.497 e. The largest absolute Gasteiger partial charge is 0.497 e. The summed E-state index contributed by atoms with van der Waals surface area (Å²) in [4.78, 5) is 26.0. The van der Waals surface area contributed by atoms with Crippen molar-refractivity contribution in [1.29, 1.82) is 0 Å². The average molecular weight is 388 g/mol. The smallest absolute Gasteiger partial charge is 0.267 e. The molecule has 1 unspecified atom stereocenters. The summed E-state index contributed by atoms with van der Waals surface area (Å²) in [6, 6.07) is 5.09. The van der Waals surface area contributed by atoms with E-state index in [4.69, 9.17) is 4.74 Å². The van der Waals surface area contributed by atoms with Crippen LogP contribution in [0.3, 0.4) is 0 Å². The molecule has 0 aromatic heterocycles. The van der Waals surface area contributed by atoms with Crippen LogP contribution in [0.2, 0.25) is 0 Å². The number of nitrogens with one attached hydrogen (secondary N) is 2. The molecule has 3 aliphatic rings. The van der Waals surface area contributed by atoms with Crippen molar-refractivity contribution in [1.82, 2.24) is 15.6 Å². The molecular formula is C20H25FN4O3. The summed E-state index contributed by atoms with van der Waals surface area (Å²) in [6.45, 7) is 2.22. The van der Waals surface area contributed by atoms with E-state index in [2.05, 4.69) is 20.7 Å². The maximum atomic E-state index is 14.3. The third-order valence-electron chi connectivity index (χ3n) is 6.03. The molecule has 28 heavy (non-hydrogen) atoms. The Bertz CT molecular complexity index is 799. The highest BCUT2D eigenvalue weighted by Gasteiger charge is 2.43. The summed E-state index contributed by atoms with van der Waals surface area (Å²) in [5.41, 5.74) is 3.42. The molecule has 8 heteroatoms. The van der Waals surface area contributed by atoms with E-state index in [1.165, 1.54) is 13.2 Å². The number of hydrazone groups is 1. The Morgan fingerprint density at radius 2 is 2.07 bits per heavy atom. The number of hydrogen-bond donors (Lipinski definition) is 2. The highest BCUT2D eigenvalue weighted by Crippen LogP contribution is 2.37. The maximum Gasteiger partial charge on any atom is 0.267 e. The Kier molecular flexibility index (Phi) is 5.30. The minimum atomic E-state index is -0.250. The van der Waals surface area contributed by atoms with Crippen LogP contribution in [0.25, 0.3) is 0 Å². The lowest BCUT2D eigenvalue weighted by Crippen LogP contribution is -2.54. The second kappa shape index (κ2) is 7.87. The van der Waals surface area contributed by atoms with Crippen LogP contribution in [-0.4, -0.2) is 48.7 Å². The highest BCUT2D eigenvalue weighted by molar-refractivity contribution is 6.39. The molecule has 2 heterocycles. The maximum absolute atomic E-state index is 14.3. The van der Waals surface area contributed by atoms with Gasteiger partial charge in [-0.1, -0.05) is 6.07 Å². The zero-order valence-electron chi connectivity index (χ0n) is 15.9. The summed E-state index contributed by atoms with van der Waals surface area (Å²) < 4.78 is 19.3. The first-order valence-corrected chi connectivity index (χ1v) is 9.74. The predicted molar refractivity (Wildman–Crippen MR) is 101 cm³/mol. The zero-order chi connectivity index (χ0) is 19.7. The first-order chi connectivity index (χ1) is 13.5. The fourth-order valence-corrected chi connectivity index (χ4v) is 4.58. The standard InChI is InChI=1S/C20H25FN4O3/c1-28-15-5-4-12(16(21)8-15)9-25-10-13-2-3-14(11-25)19(13)22-20(27)17-6-7-18(26)24-23-17/h4-5,8,13-14,19H,2-3,6-7,9-11H2,1H3,(H,22,27)(H,24,26)/t13-,14+,19?. The van der Waals surface area contributed by atoms with Gasteiger partial charge in [0.05, 0.1) is 7.11 Å². The fourth-order valence-electron chi connectivity index (χ4n) is 4.58. The number of fused-ring (bicyclic) bond motifs is 2. The van der Waals surface area contributed by atoms with Crippen LogP contribution in [0.15, 0.2) is 23.3 Å². The number of hydrogen-bond acceptors (Lipinski definition) is 5. The number of nitrogens with zero attached hydrogens (tertiary/aromatic N) is 2. The van der Waals surface area contributed by atoms with E-state index in [0.29, 0.717) is 48.2 Å². The van der Waals surface area contributed by atoms with Gasteiger partial charge in [-0.15, -0.1) is 0 Å². The van der Waals surface area contributed by atoms with Crippen molar-refractivity contribution in [3.05, 3.63) is 29.6 Å². The monoisotopic (exact) mass is 388 g/mol. The van der Waals surface area contributed by atoms with Gasteiger partial charge in [-0.25, -0.2) is 9.82 Å². The van der Waals surface area contributed by atoms with Crippen LogP contribution in [0.1, 0.15) is 31.2 Å². The van der Waals surface area contributed by atoms with Crippen molar-refractivity contribution in [2.75, 3.05) is 20.2 Å². The van der Waals surface area contributed by atoms with Gasteiger partial charge in [-0.05, 0) is 30.7 Å². The topological polar surface area (TPSA) is 83.0 Å². The van der Waals surface area contributed by atoms with Gasteiger partial charge in [0.15, 0.2) is 0 Å². The van der Waals surface area contributed by atoms with Crippen LogP contribution in [0.5, 0.6) is 5.75 Å². The van der Waals surface area contributed by atoms with Crippen LogP contribution >= 0.6 is 0 Å².